The van der Waals surface area contributed by atoms with Gasteiger partial charge in [0.15, 0.2) is 5.41 Å². The van der Waals surface area contributed by atoms with Gasteiger partial charge in [0.05, 0.1) is 0 Å². The second-order valence-corrected chi connectivity index (χ2v) is 6.26. The first-order valence-electron chi connectivity index (χ1n) is 8.14. The summed E-state index contributed by atoms with van der Waals surface area (Å²) in [7, 11) is 0. The first-order chi connectivity index (χ1) is 12.1. The number of furan rings is 1. The molecule has 1 fully saturated rings. The Bertz CT molecular complexity index is 968. The van der Waals surface area contributed by atoms with Gasteiger partial charge in [-0.15, -0.1) is 0 Å². The van der Waals surface area contributed by atoms with Gasteiger partial charge in [0.2, 0.25) is 5.91 Å². The third-order valence-corrected chi connectivity index (χ3v) is 4.82. The fraction of sp³-hybridized carbons (Fsp3) is 0.263. The van der Waals surface area contributed by atoms with Crippen LogP contribution in [0.1, 0.15) is 12.8 Å². The van der Waals surface area contributed by atoms with Crippen molar-refractivity contribution in [3.8, 4) is 0 Å². The van der Waals surface area contributed by atoms with Gasteiger partial charge in [-0.1, -0.05) is 18.2 Å². The number of amides is 1. The second kappa shape index (κ2) is 5.89. The number of fused-ring (bicyclic) bond motifs is 3. The number of ether oxygens (including phenoxy) is 1. The summed E-state index contributed by atoms with van der Waals surface area (Å²) in [6.07, 6.45) is 0.343. The van der Waals surface area contributed by atoms with Crippen LogP contribution in [-0.4, -0.2) is 30.2 Å². The molecule has 6 heteroatoms. The van der Waals surface area contributed by atoms with Gasteiger partial charge in [0.25, 0.3) is 0 Å². The highest BCUT2D eigenvalue weighted by Gasteiger charge is 2.47. The van der Waals surface area contributed by atoms with E-state index in [1.165, 1.54) is 0 Å². The molecule has 0 aliphatic carbocycles. The molecule has 1 amide bonds. The number of rotatable bonds is 3. The first-order valence-corrected chi connectivity index (χ1v) is 8.14. The van der Waals surface area contributed by atoms with E-state index in [4.69, 9.17) is 9.15 Å². The third kappa shape index (κ3) is 2.55. The van der Waals surface area contributed by atoms with Crippen LogP contribution in [0.4, 0.5) is 5.69 Å². The molecule has 0 atom stereocenters. The summed E-state index contributed by atoms with van der Waals surface area (Å²) in [5.74, 6) is -1.61. The van der Waals surface area contributed by atoms with Crippen molar-refractivity contribution in [2.24, 2.45) is 5.41 Å². The van der Waals surface area contributed by atoms with Gasteiger partial charge in [0.1, 0.15) is 11.2 Å². The number of carboxylic acids is 1. The summed E-state index contributed by atoms with van der Waals surface area (Å²) in [5, 5.41) is 14.2. The number of hydrogen-bond donors (Lipinski definition) is 2. The van der Waals surface area contributed by atoms with Crippen LogP contribution in [0.25, 0.3) is 21.9 Å². The van der Waals surface area contributed by atoms with Gasteiger partial charge in [0, 0.05) is 29.7 Å². The lowest BCUT2D eigenvalue weighted by Gasteiger charge is -2.31. The van der Waals surface area contributed by atoms with Crippen LogP contribution in [0.3, 0.4) is 0 Å². The molecule has 25 heavy (non-hydrogen) atoms. The number of anilines is 1. The lowest BCUT2D eigenvalue weighted by molar-refractivity contribution is -0.160. The van der Waals surface area contributed by atoms with Crippen molar-refractivity contribution in [1.29, 1.82) is 0 Å². The normalized spacial score (nSPS) is 16.8. The van der Waals surface area contributed by atoms with E-state index in [9.17, 15) is 14.7 Å². The summed E-state index contributed by atoms with van der Waals surface area (Å²) in [6, 6.07) is 13.0. The fourth-order valence-corrected chi connectivity index (χ4v) is 3.31. The summed E-state index contributed by atoms with van der Waals surface area (Å²) in [6.45, 7) is 0.538. The van der Waals surface area contributed by atoms with Gasteiger partial charge < -0.3 is 19.6 Å². The van der Waals surface area contributed by atoms with Crippen LogP contribution in [-0.2, 0) is 14.3 Å². The molecule has 0 saturated carbocycles. The Kier molecular flexibility index (Phi) is 3.69. The van der Waals surface area contributed by atoms with Gasteiger partial charge in [-0.25, -0.2) is 0 Å². The van der Waals surface area contributed by atoms with E-state index in [1.54, 1.807) is 12.1 Å². The molecule has 3 aromatic rings. The summed E-state index contributed by atoms with van der Waals surface area (Å²) >= 11 is 0. The molecule has 6 nitrogen and oxygen atoms in total. The minimum absolute atomic E-state index is 0.172. The highest BCUT2D eigenvalue weighted by atomic mass is 16.5. The standard InChI is InChI=1S/C19H17NO5/c21-17(19(18(22)23)7-9-24-10-8-19)20-12-5-6-16-14(11-12)13-3-1-2-4-15(13)25-16/h1-6,11H,7-10H2,(H,20,21)(H,22,23). The zero-order valence-corrected chi connectivity index (χ0v) is 13.5. The van der Waals surface area contributed by atoms with E-state index in [-0.39, 0.29) is 26.1 Å². The van der Waals surface area contributed by atoms with E-state index in [2.05, 4.69) is 5.32 Å². The van der Waals surface area contributed by atoms with Crippen molar-refractivity contribution < 1.29 is 23.8 Å². The lowest BCUT2D eigenvalue weighted by Crippen LogP contribution is -2.47. The van der Waals surface area contributed by atoms with E-state index < -0.39 is 17.3 Å². The summed E-state index contributed by atoms with van der Waals surface area (Å²) in [4.78, 5) is 24.4. The minimum Gasteiger partial charge on any atom is -0.480 e. The Morgan fingerprint density at radius 2 is 1.72 bits per heavy atom. The number of hydrogen-bond acceptors (Lipinski definition) is 4. The third-order valence-electron chi connectivity index (χ3n) is 4.82. The second-order valence-electron chi connectivity index (χ2n) is 6.26. The van der Waals surface area contributed by atoms with E-state index in [1.807, 2.05) is 30.3 Å². The van der Waals surface area contributed by atoms with Crippen molar-refractivity contribution >= 4 is 39.5 Å². The van der Waals surface area contributed by atoms with Gasteiger partial charge in [-0.3, -0.25) is 9.59 Å². The van der Waals surface area contributed by atoms with Gasteiger partial charge in [-0.05, 0) is 37.1 Å². The van der Waals surface area contributed by atoms with Crippen molar-refractivity contribution in [1.82, 2.24) is 0 Å². The van der Waals surface area contributed by atoms with Crippen LogP contribution < -0.4 is 5.32 Å². The highest BCUT2D eigenvalue weighted by molar-refractivity contribution is 6.10. The average Bonchev–Trinajstić information content (AvgIpc) is 3.00. The maximum atomic E-state index is 12.7. The Balaban J connectivity index is 1.68. The highest BCUT2D eigenvalue weighted by Crippen LogP contribution is 2.34. The van der Waals surface area contributed by atoms with Gasteiger partial charge >= 0.3 is 5.97 Å². The van der Waals surface area contributed by atoms with Crippen LogP contribution in [0.5, 0.6) is 0 Å². The molecule has 0 radical (unpaired) electrons. The SMILES string of the molecule is O=C(O)C1(C(=O)Nc2ccc3oc4ccccc4c3c2)CCOCC1. The predicted octanol–water partition coefficient (Wildman–Crippen LogP) is 3.41. The molecule has 0 unspecified atom stereocenters. The van der Waals surface area contributed by atoms with E-state index in [0.717, 1.165) is 21.9 Å². The molecule has 2 N–H and O–H groups in total. The van der Waals surface area contributed by atoms with Crippen LogP contribution in [0.2, 0.25) is 0 Å². The quantitative estimate of drug-likeness (QED) is 0.714. The van der Waals surface area contributed by atoms with Crippen molar-refractivity contribution in [2.75, 3.05) is 18.5 Å². The Labute approximate surface area is 143 Å². The molecule has 4 rings (SSSR count). The fourth-order valence-electron chi connectivity index (χ4n) is 3.31. The maximum absolute atomic E-state index is 12.7. The molecule has 2 aromatic carbocycles. The van der Waals surface area contributed by atoms with Crippen LogP contribution in [0.15, 0.2) is 46.9 Å². The van der Waals surface area contributed by atoms with Crippen molar-refractivity contribution in [3.05, 3.63) is 42.5 Å². The molecule has 1 aromatic heterocycles. The predicted molar refractivity (Wildman–Crippen MR) is 92.5 cm³/mol. The van der Waals surface area contributed by atoms with Crippen molar-refractivity contribution in [3.63, 3.8) is 0 Å². The summed E-state index contributed by atoms with van der Waals surface area (Å²) < 4.78 is 11.0. The number of carbonyl (C=O) groups is 2. The molecule has 1 aliphatic heterocycles. The zero-order chi connectivity index (χ0) is 17.4. The molecular weight excluding hydrogens is 322 g/mol. The van der Waals surface area contributed by atoms with Crippen LogP contribution in [0, 0.1) is 5.41 Å². The minimum atomic E-state index is -1.44. The smallest absolute Gasteiger partial charge is 0.319 e. The van der Waals surface area contributed by atoms with Crippen LogP contribution >= 0.6 is 0 Å². The Morgan fingerprint density at radius 1 is 1.00 bits per heavy atom. The van der Waals surface area contributed by atoms with E-state index in [0.29, 0.717) is 5.69 Å². The number of carboxylic acid groups (broad SMARTS) is 1. The number of nitrogens with one attached hydrogen (secondary N) is 1. The monoisotopic (exact) mass is 339 g/mol. The molecule has 1 saturated heterocycles. The molecular formula is C19H17NO5. The maximum Gasteiger partial charge on any atom is 0.319 e. The number of benzene rings is 2. The van der Waals surface area contributed by atoms with Gasteiger partial charge in [-0.2, -0.15) is 0 Å². The number of aliphatic carboxylic acids is 1. The molecule has 128 valence electrons. The van der Waals surface area contributed by atoms with E-state index >= 15 is 0 Å². The average molecular weight is 339 g/mol. The topological polar surface area (TPSA) is 88.8 Å². The lowest BCUT2D eigenvalue weighted by atomic mass is 9.79. The molecule has 1 aliphatic rings. The number of para-hydroxylation sites is 1. The summed E-state index contributed by atoms with van der Waals surface area (Å²) in [5.41, 5.74) is 0.605. The molecule has 0 bridgehead atoms. The number of carbonyl (C=O) groups excluding carboxylic acids is 1. The first kappa shape index (κ1) is 15.7. The van der Waals surface area contributed by atoms with Crippen molar-refractivity contribution in [2.45, 2.75) is 12.8 Å². The molecule has 0 spiro atoms. The molecule has 2 heterocycles. The largest absolute Gasteiger partial charge is 0.480 e. The Hall–Kier alpha value is -2.86. The zero-order valence-electron chi connectivity index (χ0n) is 13.5. The Morgan fingerprint density at radius 3 is 2.48 bits per heavy atom.